The summed E-state index contributed by atoms with van der Waals surface area (Å²) in [5, 5.41) is 6.31. The smallest absolute Gasteiger partial charge is 0.292 e. The number of nitrogens with zero attached hydrogens (tertiary/aromatic N) is 2. The van der Waals surface area contributed by atoms with Gasteiger partial charge >= 0.3 is 0 Å². The number of hydrogen-bond donors (Lipinski definition) is 2. The zero-order valence-electron chi connectivity index (χ0n) is 10.0. The number of aromatic nitrogens is 3. The van der Waals surface area contributed by atoms with Gasteiger partial charge in [-0.2, -0.15) is 4.98 Å². The SMILES string of the molecule is O=C(NCC1CC1)c1noc(-c2ccc[nH]c2=O)n1. The van der Waals surface area contributed by atoms with Crippen molar-refractivity contribution in [2.75, 3.05) is 6.54 Å². The quantitative estimate of drug-likeness (QED) is 0.836. The summed E-state index contributed by atoms with van der Waals surface area (Å²) < 4.78 is 4.93. The van der Waals surface area contributed by atoms with Gasteiger partial charge in [0.05, 0.1) is 0 Å². The number of H-pyrrole nitrogens is 1. The summed E-state index contributed by atoms with van der Waals surface area (Å²) in [6.45, 7) is 0.634. The second kappa shape index (κ2) is 4.68. The first kappa shape index (κ1) is 11.6. The summed E-state index contributed by atoms with van der Waals surface area (Å²) in [5.41, 5.74) is -0.0904. The van der Waals surface area contributed by atoms with E-state index in [-0.39, 0.29) is 28.7 Å². The van der Waals surface area contributed by atoms with E-state index in [4.69, 9.17) is 4.52 Å². The molecule has 0 spiro atoms. The van der Waals surface area contributed by atoms with Crippen LogP contribution in [0.5, 0.6) is 0 Å². The van der Waals surface area contributed by atoms with Gasteiger partial charge in [0.1, 0.15) is 5.56 Å². The van der Waals surface area contributed by atoms with E-state index in [1.165, 1.54) is 6.20 Å². The highest BCUT2D eigenvalue weighted by Gasteiger charge is 2.23. The van der Waals surface area contributed by atoms with Gasteiger partial charge in [0.25, 0.3) is 23.2 Å². The Morgan fingerprint density at radius 3 is 3.11 bits per heavy atom. The number of hydrogen-bond acceptors (Lipinski definition) is 5. The van der Waals surface area contributed by atoms with Crippen molar-refractivity contribution in [1.29, 1.82) is 0 Å². The van der Waals surface area contributed by atoms with Gasteiger partial charge in [-0.05, 0) is 30.9 Å². The minimum atomic E-state index is -0.380. The fraction of sp³-hybridized carbons (Fsp3) is 0.333. The van der Waals surface area contributed by atoms with Crippen LogP contribution in [0, 0.1) is 5.92 Å². The number of carbonyl (C=O) groups is 1. The van der Waals surface area contributed by atoms with Crippen LogP contribution in [0.2, 0.25) is 0 Å². The zero-order valence-corrected chi connectivity index (χ0v) is 10.0. The summed E-state index contributed by atoms with van der Waals surface area (Å²) >= 11 is 0. The molecule has 0 atom stereocenters. The van der Waals surface area contributed by atoms with E-state index in [0.29, 0.717) is 12.5 Å². The third-order valence-corrected chi connectivity index (χ3v) is 2.93. The maximum absolute atomic E-state index is 11.7. The van der Waals surface area contributed by atoms with Crippen LogP contribution >= 0.6 is 0 Å². The highest BCUT2D eigenvalue weighted by atomic mass is 16.5. The molecule has 1 saturated carbocycles. The van der Waals surface area contributed by atoms with Crippen molar-refractivity contribution >= 4 is 5.91 Å². The maximum Gasteiger partial charge on any atom is 0.292 e. The third kappa shape index (κ3) is 2.54. The first-order valence-corrected chi connectivity index (χ1v) is 6.04. The van der Waals surface area contributed by atoms with Crippen molar-refractivity contribution in [2.24, 2.45) is 5.92 Å². The minimum absolute atomic E-state index is 0.0402. The molecule has 2 aromatic heterocycles. The topological polar surface area (TPSA) is 101 Å². The molecular formula is C12H12N4O3. The number of rotatable bonds is 4. The molecule has 1 aliphatic rings. The molecule has 3 rings (SSSR count). The monoisotopic (exact) mass is 260 g/mol. The average Bonchev–Trinajstić information content (AvgIpc) is 3.12. The molecule has 0 unspecified atom stereocenters. The van der Waals surface area contributed by atoms with E-state index in [1.54, 1.807) is 12.1 Å². The van der Waals surface area contributed by atoms with Gasteiger partial charge in [-0.3, -0.25) is 9.59 Å². The molecule has 0 aliphatic heterocycles. The predicted octanol–water partition coefficient (Wildman–Crippen LogP) is 0.565. The number of nitrogens with one attached hydrogen (secondary N) is 2. The lowest BCUT2D eigenvalue weighted by Gasteiger charge is -1.98. The van der Waals surface area contributed by atoms with E-state index in [2.05, 4.69) is 20.4 Å². The van der Waals surface area contributed by atoms with Crippen molar-refractivity contribution in [3.8, 4) is 11.5 Å². The normalized spacial score (nSPS) is 14.3. The lowest BCUT2D eigenvalue weighted by molar-refractivity contribution is 0.0938. The number of amides is 1. The molecule has 1 fully saturated rings. The van der Waals surface area contributed by atoms with Crippen LogP contribution < -0.4 is 10.9 Å². The Kier molecular flexibility index (Phi) is 2.86. The first-order valence-electron chi connectivity index (χ1n) is 6.04. The predicted molar refractivity (Wildman–Crippen MR) is 65.4 cm³/mol. The molecule has 7 heteroatoms. The van der Waals surface area contributed by atoms with Crippen LogP contribution in [0.4, 0.5) is 0 Å². The number of carbonyl (C=O) groups excluding carboxylic acids is 1. The molecule has 0 radical (unpaired) electrons. The van der Waals surface area contributed by atoms with Gasteiger partial charge in [0.2, 0.25) is 0 Å². The molecule has 1 aliphatic carbocycles. The Balaban J connectivity index is 1.77. The molecule has 7 nitrogen and oxygen atoms in total. The van der Waals surface area contributed by atoms with Crippen LogP contribution in [0.15, 0.2) is 27.6 Å². The number of aromatic amines is 1. The van der Waals surface area contributed by atoms with Crippen LogP contribution in [-0.4, -0.2) is 27.6 Å². The van der Waals surface area contributed by atoms with Crippen molar-refractivity contribution in [2.45, 2.75) is 12.8 Å². The fourth-order valence-corrected chi connectivity index (χ4v) is 1.65. The highest BCUT2D eigenvalue weighted by molar-refractivity contribution is 5.90. The third-order valence-electron chi connectivity index (χ3n) is 2.93. The molecule has 1 amide bonds. The molecule has 2 N–H and O–H groups in total. The molecule has 0 aromatic carbocycles. The molecule has 0 saturated heterocycles. The Bertz CT molecular complexity index is 657. The summed E-state index contributed by atoms with van der Waals surface area (Å²) in [6, 6.07) is 3.20. The Morgan fingerprint density at radius 1 is 1.53 bits per heavy atom. The van der Waals surface area contributed by atoms with Crippen molar-refractivity contribution < 1.29 is 9.32 Å². The van der Waals surface area contributed by atoms with Crippen LogP contribution in [0.25, 0.3) is 11.5 Å². The van der Waals surface area contributed by atoms with Crippen LogP contribution in [0.3, 0.4) is 0 Å². The molecular weight excluding hydrogens is 248 g/mol. The van der Waals surface area contributed by atoms with E-state index < -0.39 is 0 Å². The van der Waals surface area contributed by atoms with Crippen molar-refractivity contribution in [3.63, 3.8) is 0 Å². The van der Waals surface area contributed by atoms with Gasteiger partial charge < -0.3 is 14.8 Å². The molecule has 19 heavy (non-hydrogen) atoms. The molecule has 2 heterocycles. The van der Waals surface area contributed by atoms with Crippen LogP contribution in [-0.2, 0) is 0 Å². The molecule has 0 bridgehead atoms. The number of pyridine rings is 1. The lowest BCUT2D eigenvalue weighted by Crippen LogP contribution is -2.26. The largest absolute Gasteiger partial charge is 0.349 e. The van der Waals surface area contributed by atoms with Gasteiger partial charge in [0, 0.05) is 12.7 Å². The Hall–Kier alpha value is -2.44. The van der Waals surface area contributed by atoms with Gasteiger partial charge in [-0.15, -0.1) is 0 Å². The van der Waals surface area contributed by atoms with Crippen molar-refractivity contribution in [1.82, 2.24) is 20.4 Å². The van der Waals surface area contributed by atoms with Crippen LogP contribution in [0.1, 0.15) is 23.5 Å². The zero-order chi connectivity index (χ0) is 13.2. The second-order valence-electron chi connectivity index (χ2n) is 4.49. The van der Waals surface area contributed by atoms with Gasteiger partial charge in [-0.1, -0.05) is 5.16 Å². The van der Waals surface area contributed by atoms with E-state index in [1.807, 2.05) is 0 Å². The average molecular weight is 260 g/mol. The Labute approximate surface area is 108 Å². The Morgan fingerprint density at radius 2 is 2.37 bits per heavy atom. The van der Waals surface area contributed by atoms with Gasteiger partial charge in [0.15, 0.2) is 0 Å². The second-order valence-corrected chi connectivity index (χ2v) is 4.49. The summed E-state index contributed by atoms with van der Waals surface area (Å²) in [6.07, 6.45) is 3.81. The fourth-order valence-electron chi connectivity index (χ4n) is 1.65. The van der Waals surface area contributed by atoms with E-state index >= 15 is 0 Å². The highest BCUT2D eigenvalue weighted by Crippen LogP contribution is 2.27. The first-order chi connectivity index (χ1) is 9.24. The molecule has 98 valence electrons. The van der Waals surface area contributed by atoms with E-state index in [0.717, 1.165) is 12.8 Å². The standard InChI is InChI=1S/C12H12N4O3/c17-10-8(2-1-5-13-10)12-15-9(16-19-12)11(18)14-6-7-3-4-7/h1-2,5,7H,3-4,6H2,(H,13,17)(H,14,18). The summed E-state index contributed by atoms with van der Waals surface area (Å²) in [7, 11) is 0. The summed E-state index contributed by atoms with van der Waals surface area (Å²) in [4.78, 5) is 29.7. The summed E-state index contributed by atoms with van der Waals surface area (Å²) in [5.74, 6) is 0.180. The molecule has 2 aromatic rings. The maximum atomic E-state index is 11.7. The van der Waals surface area contributed by atoms with Gasteiger partial charge in [-0.25, -0.2) is 0 Å². The van der Waals surface area contributed by atoms with Crippen molar-refractivity contribution in [3.05, 3.63) is 34.5 Å². The van der Waals surface area contributed by atoms with E-state index in [9.17, 15) is 9.59 Å². The minimum Gasteiger partial charge on any atom is -0.349 e. The lowest BCUT2D eigenvalue weighted by atomic mass is 10.3.